The highest BCUT2D eigenvalue weighted by molar-refractivity contribution is 9.10. The van der Waals surface area contributed by atoms with Gasteiger partial charge in [-0.15, -0.1) is 0 Å². The van der Waals surface area contributed by atoms with Gasteiger partial charge in [-0.25, -0.2) is 4.68 Å². The Morgan fingerprint density at radius 3 is 2.62 bits per heavy atom. The molecule has 0 fully saturated rings. The number of ether oxygens (including phenoxy) is 1. The molecule has 1 aromatic heterocycles. The summed E-state index contributed by atoms with van der Waals surface area (Å²) in [4.78, 5) is 23.9. The number of aromatic nitrogens is 2. The lowest BCUT2D eigenvalue weighted by Crippen LogP contribution is -2.29. The van der Waals surface area contributed by atoms with Gasteiger partial charge in [-0.05, 0) is 25.1 Å². The molecule has 0 amide bonds. The lowest BCUT2D eigenvalue weighted by molar-refractivity contribution is -0.144. The molecule has 0 atom stereocenters. The van der Waals surface area contributed by atoms with E-state index in [1.165, 1.54) is 18.2 Å². The summed E-state index contributed by atoms with van der Waals surface area (Å²) in [6, 6.07) is 4.22. The normalized spacial score (nSPS) is 11.5. The maximum atomic E-state index is 13.0. The number of rotatable bonds is 4. The van der Waals surface area contributed by atoms with Gasteiger partial charge < -0.3 is 4.74 Å². The molecular weight excluding hydrogens is 393 g/mol. The third-order valence-corrected chi connectivity index (χ3v) is 3.63. The Morgan fingerprint density at radius 1 is 1.38 bits per heavy atom. The second-order valence-electron chi connectivity index (χ2n) is 4.78. The maximum Gasteiger partial charge on any atom is 0.417 e. The molecule has 0 saturated heterocycles. The Balaban J connectivity index is 2.72. The van der Waals surface area contributed by atoms with Crippen LogP contribution in [0.5, 0.6) is 0 Å². The summed E-state index contributed by atoms with van der Waals surface area (Å²) < 4.78 is 45.0. The summed E-state index contributed by atoms with van der Waals surface area (Å²) in [5, 5.41) is 3.69. The number of alkyl halides is 3. The van der Waals surface area contributed by atoms with Crippen molar-refractivity contribution >= 4 is 38.2 Å². The molecule has 24 heavy (non-hydrogen) atoms. The van der Waals surface area contributed by atoms with Crippen LogP contribution in [0.1, 0.15) is 12.6 Å². The molecule has 9 heteroatoms. The minimum Gasteiger partial charge on any atom is -0.465 e. The van der Waals surface area contributed by atoms with E-state index in [9.17, 15) is 22.8 Å². The maximum absolute atomic E-state index is 13.0. The van der Waals surface area contributed by atoms with Gasteiger partial charge in [-0.1, -0.05) is 22.5 Å². The van der Waals surface area contributed by atoms with Crippen molar-refractivity contribution in [3.63, 3.8) is 0 Å². The van der Waals surface area contributed by atoms with Crippen molar-refractivity contribution in [1.82, 2.24) is 9.78 Å². The molecule has 0 aliphatic heterocycles. The predicted octanol–water partition coefficient (Wildman–Crippen LogP) is 3.30. The van der Waals surface area contributed by atoms with E-state index in [0.29, 0.717) is 9.15 Å². The Labute approximate surface area is 142 Å². The first-order valence-corrected chi connectivity index (χ1v) is 7.57. The van der Waals surface area contributed by atoms with Crippen LogP contribution in [0.4, 0.5) is 13.2 Å². The Morgan fingerprint density at radius 2 is 2.04 bits per heavy atom. The zero-order valence-corrected chi connectivity index (χ0v) is 14.1. The molecule has 0 spiro atoms. The third-order valence-electron chi connectivity index (χ3n) is 3.13. The molecule has 1 heterocycles. The van der Waals surface area contributed by atoms with Gasteiger partial charge >= 0.3 is 12.1 Å². The van der Waals surface area contributed by atoms with E-state index in [1.54, 1.807) is 6.92 Å². The largest absolute Gasteiger partial charge is 0.465 e. The number of fused-ring (bicyclic) bond motifs is 1. The van der Waals surface area contributed by atoms with Crippen molar-refractivity contribution in [2.45, 2.75) is 19.6 Å². The monoisotopic (exact) mass is 404 g/mol. The predicted molar refractivity (Wildman–Crippen MR) is 85.4 cm³/mol. The number of benzene rings is 1. The molecule has 0 radical (unpaired) electrons. The summed E-state index contributed by atoms with van der Waals surface area (Å²) in [7, 11) is 0. The topological polar surface area (TPSA) is 61.2 Å². The number of hydrogen-bond donors (Lipinski definition) is 0. The molecule has 0 saturated carbocycles. The van der Waals surface area contributed by atoms with E-state index in [1.807, 2.05) is 0 Å². The van der Waals surface area contributed by atoms with Crippen LogP contribution in [-0.2, 0) is 16.1 Å². The molecule has 0 aliphatic carbocycles. The van der Waals surface area contributed by atoms with E-state index in [0.717, 1.165) is 0 Å². The van der Waals surface area contributed by atoms with Crippen molar-refractivity contribution < 1.29 is 22.7 Å². The first-order chi connectivity index (χ1) is 11.1. The average molecular weight is 405 g/mol. The van der Waals surface area contributed by atoms with Crippen LogP contribution in [0.15, 0.2) is 34.0 Å². The number of esters is 1. The van der Waals surface area contributed by atoms with E-state index in [2.05, 4.69) is 27.6 Å². The van der Waals surface area contributed by atoms with Crippen molar-refractivity contribution in [1.29, 1.82) is 0 Å². The summed E-state index contributed by atoms with van der Waals surface area (Å²) in [5.41, 5.74) is -2.41. The van der Waals surface area contributed by atoms with Gasteiger partial charge in [0.25, 0.3) is 5.56 Å². The van der Waals surface area contributed by atoms with Crippen LogP contribution in [-0.4, -0.2) is 28.5 Å². The first kappa shape index (κ1) is 18.2. The zero-order valence-electron chi connectivity index (χ0n) is 12.5. The highest BCUT2D eigenvalue weighted by atomic mass is 79.9. The van der Waals surface area contributed by atoms with Crippen LogP contribution in [0.3, 0.4) is 0 Å². The molecule has 2 rings (SSSR count). The molecule has 0 aliphatic rings. The smallest absolute Gasteiger partial charge is 0.417 e. The summed E-state index contributed by atoms with van der Waals surface area (Å²) in [6.07, 6.45) is -4.73. The quantitative estimate of drug-likeness (QED) is 0.733. The van der Waals surface area contributed by atoms with E-state index in [-0.39, 0.29) is 17.4 Å². The third kappa shape index (κ3) is 3.66. The molecule has 2 aromatic rings. The van der Waals surface area contributed by atoms with Crippen LogP contribution in [0.25, 0.3) is 16.3 Å². The standard InChI is InChI=1S/C15H12BrF3N2O3/c1-3-24-12(22)7-21-14(23)10-5-4-9(16)6-11(10)13(20-21)8(2)15(17,18)19/h4-6H,2-3,7H2,1H3. The van der Waals surface area contributed by atoms with Crippen LogP contribution in [0, 0.1) is 0 Å². The number of allylic oxidation sites excluding steroid dienone is 1. The number of halogens is 4. The molecule has 5 nitrogen and oxygen atoms in total. The zero-order chi connectivity index (χ0) is 18.1. The molecule has 0 bridgehead atoms. The fourth-order valence-electron chi connectivity index (χ4n) is 2.05. The van der Waals surface area contributed by atoms with E-state index < -0.39 is 35.5 Å². The molecule has 0 unspecified atom stereocenters. The van der Waals surface area contributed by atoms with Gasteiger partial charge in [-0.2, -0.15) is 18.3 Å². The minimum absolute atomic E-state index is 0.00195. The molecular formula is C15H12BrF3N2O3. The van der Waals surface area contributed by atoms with Crippen LogP contribution in [0.2, 0.25) is 0 Å². The highest BCUT2D eigenvalue weighted by Gasteiger charge is 2.35. The summed E-state index contributed by atoms with van der Waals surface area (Å²) >= 11 is 3.15. The second-order valence-corrected chi connectivity index (χ2v) is 5.70. The van der Waals surface area contributed by atoms with Gasteiger partial charge in [0, 0.05) is 9.86 Å². The number of carbonyl (C=O) groups is 1. The Kier molecular flexibility index (Phi) is 5.12. The summed E-state index contributed by atoms with van der Waals surface area (Å²) in [6.45, 7) is 4.09. The lowest BCUT2D eigenvalue weighted by Gasteiger charge is -2.14. The summed E-state index contributed by atoms with van der Waals surface area (Å²) in [5.74, 6) is -0.771. The number of nitrogens with zero attached hydrogens (tertiary/aromatic N) is 2. The first-order valence-electron chi connectivity index (χ1n) is 6.77. The highest BCUT2D eigenvalue weighted by Crippen LogP contribution is 2.34. The SMILES string of the molecule is C=C(c1nn(CC(=O)OCC)c(=O)c2ccc(Br)cc12)C(F)(F)F. The van der Waals surface area contributed by atoms with Crippen molar-refractivity contribution in [2.75, 3.05) is 6.61 Å². The van der Waals surface area contributed by atoms with Gasteiger partial charge in [0.05, 0.1) is 17.6 Å². The fraction of sp³-hybridized carbons (Fsp3) is 0.267. The van der Waals surface area contributed by atoms with E-state index >= 15 is 0 Å². The Bertz CT molecular complexity index is 875. The fourth-order valence-corrected chi connectivity index (χ4v) is 2.41. The second kappa shape index (κ2) is 6.76. The van der Waals surface area contributed by atoms with Gasteiger partial charge in [0.15, 0.2) is 0 Å². The molecule has 128 valence electrons. The van der Waals surface area contributed by atoms with Crippen LogP contribution >= 0.6 is 15.9 Å². The van der Waals surface area contributed by atoms with Crippen LogP contribution < -0.4 is 5.56 Å². The van der Waals surface area contributed by atoms with Crippen molar-refractivity contribution in [3.05, 3.63) is 45.3 Å². The van der Waals surface area contributed by atoms with E-state index in [4.69, 9.17) is 4.74 Å². The Hall–Kier alpha value is -2.16. The van der Waals surface area contributed by atoms with Crippen molar-refractivity contribution in [2.24, 2.45) is 0 Å². The van der Waals surface area contributed by atoms with Crippen molar-refractivity contribution in [3.8, 4) is 0 Å². The minimum atomic E-state index is -4.73. The lowest BCUT2D eigenvalue weighted by atomic mass is 10.1. The number of carbonyl (C=O) groups excluding carboxylic acids is 1. The molecule has 1 aromatic carbocycles. The number of hydrogen-bond acceptors (Lipinski definition) is 4. The van der Waals surface area contributed by atoms with Gasteiger partial charge in [-0.3, -0.25) is 9.59 Å². The van der Waals surface area contributed by atoms with Gasteiger partial charge in [0.2, 0.25) is 0 Å². The van der Waals surface area contributed by atoms with Gasteiger partial charge in [0.1, 0.15) is 12.2 Å². The average Bonchev–Trinajstić information content (AvgIpc) is 2.48. The molecule has 0 N–H and O–H groups in total.